The van der Waals surface area contributed by atoms with Crippen LogP contribution in [0, 0.1) is 6.92 Å². The molecule has 0 heterocycles. The lowest BCUT2D eigenvalue weighted by molar-refractivity contribution is 0.0708. The van der Waals surface area contributed by atoms with Gasteiger partial charge in [0, 0.05) is 13.1 Å². The molecule has 4 heteroatoms. The summed E-state index contributed by atoms with van der Waals surface area (Å²) in [5, 5.41) is 9.64. The third-order valence-electron chi connectivity index (χ3n) is 3.23. The molecule has 0 bridgehead atoms. The van der Waals surface area contributed by atoms with Crippen LogP contribution in [0.4, 0.5) is 0 Å². The van der Waals surface area contributed by atoms with E-state index in [1.165, 1.54) is 0 Å². The van der Waals surface area contributed by atoms with E-state index in [0.717, 1.165) is 11.1 Å². The standard InChI is InChI=1S/C17H18ClNO2/c1-13-7-8-15(16(18)11-13)17(21)19(9-10-20)12-14-5-3-2-4-6-14/h2-8,11,20H,9-10,12H2,1H3. The minimum Gasteiger partial charge on any atom is -0.395 e. The number of rotatable bonds is 5. The van der Waals surface area contributed by atoms with Gasteiger partial charge >= 0.3 is 0 Å². The van der Waals surface area contributed by atoms with Crippen LogP contribution in [0.2, 0.25) is 5.02 Å². The van der Waals surface area contributed by atoms with Crippen LogP contribution in [0.1, 0.15) is 21.5 Å². The molecule has 0 saturated heterocycles. The molecule has 0 aliphatic rings. The number of benzene rings is 2. The summed E-state index contributed by atoms with van der Waals surface area (Å²) in [5.74, 6) is -0.169. The van der Waals surface area contributed by atoms with Crippen LogP contribution < -0.4 is 0 Å². The van der Waals surface area contributed by atoms with E-state index in [0.29, 0.717) is 17.1 Å². The number of halogens is 1. The summed E-state index contributed by atoms with van der Waals surface area (Å²) < 4.78 is 0. The van der Waals surface area contributed by atoms with Crippen molar-refractivity contribution in [2.24, 2.45) is 0 Å². The summed E-state index contributed by atoms with van der Waals surface area (Å²) in [6.07, 6.45) is 0. The zero-order chi connectivity index (χ0) is 15.2. The average molecular weight is 304 g/mol. The van der Waals surface area contributed by atoms with Crippen molar-refractivity contribution in [2.75, 3.05) is 13.2 Å². The second kappa shape index (κ2) is 7.25. The van der Waals surface area contributed by atoms with Crippen LogP contribution in [0.5, 0.6) is 0 Å². The Morgan fingerprint density at radius 1 is 1.19 bits per heavy atom. The molecule has 0 fully saturated rings. The van der Waals surface area contributed by atoms with Crippen molar-refractivity contribution in [1.29, 1.82) is 0 Å². The van der Waals surface area contributed by atoms with Gasteiger partial charge in [-0.1, -0.05) is 48.0 Å². The van der Waals surface area contributed by atoms with E-state index in [1.54, 1.807) is 17.0 Å². The highest BCUT2D eigenvalue weighted by Gasteiger charge is 2.18. The number of hydrogen-bond acceptors (Lipinski definition) is 2. The zero-order valence-corrected chi connectivity index (χ0v) is 12.7. The van der Waals surface area contributed by atoms with Crippen molar-refractivity contribution < 1.29 is 9.90 Å². The number of aryl methyl sites for hydroxylation is 1. The van der Waals surface area contributed by atoms with E-state index in [4.69, 9.17) is 11.6 Å². The highest BCUT2D eigenvalue weighted by Crippen LogP contribution is 2.20. The Morgan fingerprint density at radius 3 is 2.52 bits per heavy atom. The molecule has 0 spiro atoms. The van der Waals surface area contributed by atoms with Gasteiger partial charge in [0.15, 0.2) is 0 Å². The summed E-state index contributed by atoms with van der Waals surface area (Å²) in [5.41, 5.74) is 2.49. The molecular formula is C17H18ClNO2. The van der Waals surface area contributed by atoms with Gasteiger partial charge in [-0.15, -0.1) is 0 Å². The quantitative estimate of drug-likeness (QED) is 0.921. The maximum Gasteiger partial charge on any atom is 0.255 e. The minimum atomic E-state index is -0.169. The molecule has 0 aliphatic heterocycles. The Bertz CT molecular complexity index is 613. The lowest BCUT2D eigenvalue weighted by Gasteiger charge is -2.22. The summed E-state index contributed by atoms with van der Waals surface area (Å²) in [6, 6.07) is 15.1. The topological polar surface area (TPSA) is 40.5 Å². The maximum atomic E-state index is 12.6. The van der Waals surface area contributed by atoms with Gasteiger partial charge in [0.1, 0.15) is 0 Å². The van der Waals surface area contributed by atoms with Crippen LogP contribution >= 0.6 is 11.6 Å². The molecule has 0 unspecified atom stereocenters. The third-order valence-corrected chi connectivity index (χ3v) is 3.54. The molecule has 0 saturated carbocycles. The number of amides is 1. The van der Waals surface area contributed by atoms with Crippen molar-refractivity contribution in [3.8, 4) is 0 Å². The van der Waals surface area contributed by atoms with Crippen molar-refractivity contribution in [1.82, 2.24) is 4.90 Å². The zero-order valence-electron chi connectivity index (χ0n) is 11.9. The van der Waals surface area contributed by atoms with Gasteiger partial charge in [-0.2, -0.15) is 0 Å². The number of hydrogen-bond donors (Lipinski definition) is 1. The van der Waals surface area contributed by atoms with Gasteiger partial charge in [0.25, 0.3) is 5.91 Å². The first kappa shape index (κ1) is 15.5. The minimum absolute atomic E-state index is 0.0813. The first-order valence-electron chi connectivity index (χ1n) is 6.82. The number of nitrogens with zero attached hydrogens (tertiary/aromatic N) is 1. The normalized spacial score (nSPS) is 10.4. The summed E-state index contributed by atoms with van der Waals surface area (Å²) in [7, 11) is 0. The first-order chi connectivity index (χ1) is 10.1. The SMILES string of the molecule is Cc1ccc(C(=O)N(CCO)Cc2ccccc2)c(Cl)c1. The van der Waals surface area contributed by atoms with Gasteiger partial charge in [0.2, 0.25) is 0 Å². The van der Waals surface area contributed by atoms with Gasteiger partial charge in [-0.25, -0.2) is 0 Å². The molecule has 0 aliphatic carbocycles. The fourth-order valence-corrected chi connectivity index (χ4v) is 2.46. The van der Waals surface area contributed by atoms with Crippen molar-refractivity contribution >= 4 is 17.5 Å². The molecule has 1 N–H and O–H groups in total. The van der Waals surface area contributed by atoms with Crippen molar-refractivity contribution in [3.05, 3.63) is 70.2 Å². The second-order valence-corrected chi connectivity index (χ2v) is 5.33. The Labute approximate surface area is 129 Å². The number of aliphatic hydroxyl groups excluding tert-OH is 1. The Balaban J connectivity index is 2.23. The lowest BCUT2D eigenvalue weighted by Crippen LogP contribution is -2.33. The van der Waals surface area contributed by atoms with Gasteiger partial charge in [-0.05, 0) is 30.2 Å². The van der Waals surface area contributed by atoms with Crippen LogP contribution in [0.25, 0.3) is 0 Å². The number of aliphatic hydroxyl groups is 1. The summed E-state index contributed by atoms with van der Waals surface area (Å²) in [6.45, 7) is 2.57. The van der Waals surface area contributed by atoms with Crippen molar-refractivity contribution in [3.63, 3.8) is 0 Å². The highest BCUT2D eigenvalue weighted by molar-refractivity contribution is 6.33. The van der Waals surface area contributed by atoms with Gasteiger partial charge < -0.3 is 10.0 Å². The molecule has 0 radical (unpaired) electrons. The maximum absolute atomic E-state index is 12.6. The van der Waals surface area contributed by atoms with E-state index >= 15 is 0 Å². The molecule has 2 aromatic carbocycles. The Morgan fingerprint density at radius 2 is 1.90 bits per heavy atom. The molecule has 0 aromatic heterocycles. The molecule has 0 atom stereocenters. The molecule has 110 valence electrons. The predicted molar refractivity (Wildman–Crippen MR) is 84.5 cm³/mol. The molecule has 2 aromatic rings. The van der Waals surface area contributed by atoms with E-state index in [2.05, 4.69) is 0 Å². The number of carbonyl (C=O) groups excluding carboxylic acids is 1. The predicted octanol–water partition coefficient (Wildman–Crippen LogP) is 3.28. The van der Waals surface area contributed by atoms with Gasteiger partial charge in [-0.3, -0.25) is 4.79 Å². The Kier molecular flexibility index (Phi) is 5.37. The van der Waals surface area contributed by atoms with E-state index < -0.39 is 0 Å². The monoisotopic (exact) mass is 303 g/mol. The smallest absolute Gasteiger partial charge is 0.255 e. The fraction of sp³-hybridized carbons (Fsp3) is 0.235. The average Bonchev–Trinajstić information content (AvgIpc) is 2.47. The van der Waals surface area contributed by atoms with Crippen LogP contribution in [-0.2, 0) is 6.54 Å². The second-order valence-electron chi connectivity index (χ2n) is 4.92. The molecule has 3 nitrogen and oxygen atoms in total. The largest absolute Gasteiger partial charge is 0.395 e. The molecule has 1 amide bonds. The van der Waals surface area contributed by atoms with Gasteiger partial charge in [0.05, 0.1) is 17.2 Å². The highest BCUT2D eigenvalue weighted by atomic mass is 35.5. The van der Waals surface area contributed by atoms with Crippen LogP contribution in [-0.4, -0.2) is 29.1 Å². The van der Waals surface area contributed by atoms with E-state index in [1.807, 2.05) is 43.3 Å². The van der Waals surface area contributed by atoms with Crippen molar-refractivity contribution in [2.45, 2.75) is 13.5 Å². The van der Waals surface area contributed by atoms with E-state index in [9.17, 15) is 9.90 Å². The Hall–Kier alpha value is -1.84. The number of carbonyl (C=O) groups is 1. The first-order valence-corrected chi connectivity index (χ1v) is 7.20. The molecular weight excluding hydrogens is 286 g/mol. The molecule has 21 heavy (non-hydrogen) atoms. The van der Waals surface area contributed by atoms with Crippen LogP contribution in [0.15, 0.2) is 48.5 Å². The lowest BCUT2D eigenvalue weighted by atomic mass is 10.1. The summed E-state index contributed by atoms with van der Waals surface area (Å²) >= 11 is 6.16. The third kappa shape index (κ3) is 4.06. The molecule has 2 rings (SSSR count). The van der Waals surface area contributed by atoms with E-state index in [-0.39, 0.29) is 19.1 Å². The fourth-order valence-electron chi connectivity index (χ4n) is 2.14. The summed E-state index contributed by atoms with van der Waals surface area (Å²) in [4.78, 5) is 14.2. The van der Waals surface area contributed by atoms with Crippen LogP contribution in [0.3, 0.4) is 0 Å².